The average molecular weight is 253 g/mol. The van der Waals surface area contributed by atoms with Gasteiger partial charge in [0.15, 0.2) is 0 Å². The van der Waals surface area contributed by atoms with Gasteiger partial charge in [0.25, 0.3) is 5.91 Å². The van der Waals surface area contributed by atoms with E-state index in [4.69, 9.17) is 10.8 Å². The minimum Gasteiger partial charge on any atom is -0.481 e. The van der Waals surface area contributed by atoms with Crippen molar-refractivity contribution < 1.29 is 14.7 Å². The summed E-state index contributed by atoms with van der Waals surface area (Å²) in [6.45, 7) is 2.23. The Morgan fingerprint density at radius 2 is 2.28 bits per heavy atom. The van der Waals surface area contributed by atoms with Gasteiger partial charge in [-0.3, -0.25) is 14.7 Å². The first-order chi connectivity index (χ1) is 8.49. The van der Waals surface area contributed by atoms with Crippen molar-refractivity contribution >= 4 is 17.8 Å². The molecule has 98 valence electrons. The molecule has 1 fully saturated rings. The van der Waals surface area contributed by atoms with E-state index >= 15 is 0 Å². The number of carboxylic acid groups (broad SMARTS) is 1. The van der Waals surface area contributed by atoms with Crippen LogP contribution in [0.5, 0.6) is 0 Å². The second-order valence-corrected chi connectivity index (χ2v) is 4.45. The molecule has 1 aliphatic rings. The van der Waals surface area contributed by atoms with Gasteiger partial charge in [-0.15, -0.1) is 5.10 Å². The highest BCUT2D eigenvalue weighted by Gasteiger charge is 2.33. The maximum Gasteiger partial charge on any atom is 0.306 e. The number of nitrogen functional groups attached to an aromatic ring is 1. The van der Waals surface area contributed by atoms with Crippen molar-refractivity contribution in [1.82, 2.24) is 20.1 Å². The van der Waals surface area contributed by atoms with Crippen molar-refractivity contribution in [2.75, 3.05) is 12.3 Å². The Hall–Kier alpha value is -2.12. The third-order valence-corrected chi connectivity index (χ3v) is 3.19. The van der Waals surface area contributed by atoms with Gasteiger partial charge in [0, 0.05) is 12.6 Å². The molecule has 4 N–H and O–H groups in total. The summed E-state index contributed by atoms with van der Waals surface area (Å²) < 4.78 is 0. The van der Waals surface area contributed by atoms with Crippen LogP contribution in [-0.4, -0.2) is 49.7 Å². The first-order valence-corrected chi connectivity index (χ1v) is 5.70. The Morgan fingerprint density at radius 1 is 1.56 bits per heavy atom. The van der Waals surface area contributed by atoms with E-state index in [0.29, 0.717) is 19.4 Å². The van der Waals surface area contributed by atoms with E-state index < -0.39 is 5.97 Å². The standard InChI is InChI=1S/C10H15N5O3/c1-5-4-6(9(17)18)2-3-15(5)8(16)7-12-10(11)14-13-7/h5-6H,2-4H2,1H3,(H,17,18)(H3,11,12,13,14). The lowest BCUT2D eigenvalue weighted by Gasteiger charge is -2.35. The number of nitrogens with two attached hydrogens (primary N) is 1. The average Bonchev–Trinajstić information content (AvgIpc) is 2.74. The number of hydrogen-bond donors (Lipinski definition) is 3. The van der Waals surface area contributed by atoms with Crippen molar-refractivity contribution in [3.8, 4) is 0 Å². The first-order valence-electron chi connectivity index (χ1n) is 5.70. The summed E-state index contributed by atoms with van der Waals surface area (Å²) in [5.74, 6) is -1.38. The number of carbonyl (C=O) groups excluding carboxylic acids is 1. The van der Waals surface area contributed by atoms with Gasteiger partial charge in [-0.1, -0.05) is 0 Å². The van der Waals surface area contributed by atoms with E-state index in [-0.39, 0.29) is 29.6 Å². The number of hydrogen-bond acceptors (Lipinski definition) is 5. The van der Waals surface area contributed by atoms with Gasteiger partial charge in [0.05, 0.1) is 5.92 Å². The zero-order valence-electron chi connectivity index (χ0n) is 9.96. The van der Waals surface area contributed by atoms with Crippen molar-refractivity contribution in [3.05, 3.63) is 5.82 Å². The van der Waals surface area contributed by atoms with Gasteiger partial charge in [-0.25, -0.2) is 0 Å². The van der Waals surface area contributed by atoms with Crippen LogP contribution < -0.4 is 5.73 Å². The molecule has 18 heavy (non-hydrogen) atoms. The zero-order chi connectivity index (χ0) is 13.3. The van der Waals surface area contributed by atoms with Crippen LogP contribution in [0, 0.1) is 5.92 Å². The number of aliphatic carboxylic acids is 1. The molecule has 1 amide bonds. The summed E-state index contributed by atoms with van der Waals surface area (Å²) in [5, 5.41) is 15.0. The maximum absolute atomic E-state index is 12.1. The van der Waals surface area contributed by atoms with E-state index in [1.165, 1.54) is 0 Å². The van der Waals surface area contributed by atoms with E-state index in [9.17, 15) is 9.59 Å². The van der Waals surface area contributed by atoms with Gasteiger partial charge < -0.3 is 15.7 Å². The topological polar surface area (TPSA) is 125 Å². The SMILES string of the molecule is CC1CC(C(=O)O)CCN1C(=O)c1nc(N)n[nH]1. The second-order valence-electron chi connectivity index (χ2n) is 4.45. The third kappa shape index (κ3) is 2.27. The Bertz CT molecular complexity index is 472. The number of anilines is 1. The Morgan fingerprint density at radius 3 is 2.78 bits per heavy atom. The fourth-order valence-electron chi connectivity index (χ4n) is 2.20. The molecular weight excluding hydrogens is 238 g/mol. The van der Waals surface area contributed by atoms with Gasteiger partial charge in [0.1, 0.15) is 0 Å². The van der Waals surface area contributed by atoms with Gasteiger partial charge in [-0.2, -0.15) is 4.98 Å². The van der Waals surface area contributed by atoms with E-state index in [0.717, 1.165) is 0 Å². The summed E-state index contributed by atoms with van der Waals surface area (Å²) >= 11 is 0. The third-order valence-electron chi connectivity index (χ3n) is 3.19. The highest BCUT2D eigenvalue weighted by Crippen LogP contribution is 2.24. The molecule has 8 heteroatoms. The molecule has 2 unspecified atom stereocenters. The van der Waals surface area contributed by atoms with Crippen molar-refractivity contribution in [3.63, 3.8) is 0 Å². The molecule has 1 saturated heterocycles. The monoisotopic (exact) mass is 253 g/mol. The van der Waals surface area contributed by atoms with Crippen LogP contribution >= 0.6 is 0 Å². The number of carbonyl (C=O) groups is 2. The molecule has 2 rings (SSSR count). The van der Waals surface area contributed by atoms with Crippen molar-refractivity contribution in [1.29, 1.82) is 0 Å². The Kier molecular flexibility index (Phi) is 3.17. The number of nitrogens with one attached hydrogen (secondary N) is 1. The minimum atomic E-state index is -0.808. The molecule has 0 aliphatic carbocycles. The molecule has 1 aromatic rings. The summed E-state index contributed by atoms with van der Waals surface area (Å²) in [4.78, 5) is 28.4. The van der Waals surface area contributed by atoms with Crippen LogP contribution in [0.15, 0.2) is 0 Å². The highest BCUT2D eigenvalue weighted by molar-refractivity contribution is 5.91. The lowest BCUT2D eigenvalue weighted by molar-refractivity contribution is -0.143. The second kappa shape index (κ2) is 4.63. The molecule has 2 heterocycles. The van der Waals surface area contributed by atoms with Gasteiger partial charge in [-0.05, 0) is 19.8 Å². The minimum absolute atomic E-state index is 0.0198. The number of carboxylic acids is 1. The van der Waals surface area contributed by atoms with E-state index in [1.54, 1.807) is 4.90 Å². The molecule has 1 aromatic heterocycles. The lowest BCUT2D eigenvalue weighted by Crippen LogP contribution is -2.46. The molecule has 8 nitrogen and oxygen atoms in total. The van der Waals surface area contributed by atoms with Crippen molar-refractivity contribution in [2.24, 2.45) is 5.92 Å². The fraction of sp³-hybridized carbons (Fsp3) is 0.600. The summed E-state index contributed by atoms with van der Waals surface area (Å²) in [6, 6.07) is -0.140. The summed E-state index contributed by atoms with van der Waals surface area (Å²) in [7, 11) is 0. The smallest absolute Gasteiger partial charge is 0.306 e. The van der Waals surface area contributed by atoms with E-state index in [1.807, 2.05) is 6.92 Å². The van der Waals surface area contributed by atoms with Crippen LogP contribution in [-0.2, 0) is 4.79 Å². The molecule has 1 aliphatic heterocycles. The number of nitrogens with zero attached hydrogens (tertiary/aromatic N) is 3. The summed E-state index contributed by atoms with van der Waals surface area (Å²) in [5.41, 5.74) is 5.34. The molecule has 0 radical (unpaired) electrons. The number of aromatic amines is 1. The van der Waals surface area contributed by atoms with E-state index in [2.05, 4.69) is 15.2 Å². The van der Waals surface area contributed by atoms with Gasteiger partial charge in [0.2, 0.25) is 11.8 Å². The fourth-order valence-corrected chi connectivity index (χ4v) is 2.20. The highest BCUT2D eigenvalue weighted by atomic mass is 16.4. The first kappa shape index (κ1) is 12.3. The summed E-state index contributed by atoms with van der Waals surface area (Å²) in [6.07, 6.45) is 0.903. The predicted molar refractivity (Wildman–Crippen MR) is 61.7 cm³/mol. The largest absolute Gasteiger partial charge is 0.481 e. The lowest BCUT2D eigenvalue weighted by atomic mass is 9.91. The van der Waals surface area contributed by atoms with Crippen molar-refractivity contribution in [2.45, 2.75) is 25.8 Å². The maximum atomic E-state index is 12.1. The molecule has 2 atom stereocenters. The predicted octanol–water partition coefficient (Wildman–Crippen LogP) is -0.288. The number of H-pyrrole nitrogens is 1. The quantitative estimate of drug-likeness (QED) is 0.665. The zero-order valence-corrected chi connectivity index (χ0v) is 9.96. The molecule has 0 bridgehead atoms. The Balaban J connectivity index is 2.07. The van der Waals surface area contributed by atoms with Crippen LogP contribution in [0.3, 0.4) is 0 Å². The molecule has 0 spiro atoms. The normalized spacial score (nSPS) is 23.9. The Labute approximate surface area is 103 Å². The molecular formula is C10H15N5O3. The van der Waals surface area contributed by atoms with Crippen LogP contribution in [0.2, 0.25) is 0 Å². The van der Waals surface area contributed by atoms with Crippen LogP contribution in [0.1, 0.15) is 30.4 Å². The van der Waals surface area contributed by atoms with Crippen LogP contribution in [0.4, 0.5) is 5.95 Å². The number of amides is 1. The van der Waals surface area contributed by atoms with Crippen LogP contribution in [0.25, 0.3) is 0 Å². The number of likely N-dealkylation sites (tertiary alicyclic amines) is 1. The number of rotatable bonds is 2. The number of piperidine rings is 1. The number of aromatic nitrogens is 3. The molecule has 0 aromatic carbocycles. The van der Waals surface area contributed by atoms with Gasteiger partial charge >= 0.3 is 5.97 Å². The molecule has 0 saturated carbocycles.